The maximum Gasteiger partial charge on any atom is 0.340 e. The minimum absolute atomic E-state index is 0.299. The SMILES string of the molecule is COC(=O)c1cc(NC(=O)c2ccc(C)c(Cl)c2)ccc1N1CCOCC1. The van der Waals surface area contributed by atoms with Gasteiger partial charge in [-0.2, -0.15) is 0 Å². The molecule has 1 amide bonds. The average molecular weight is 389 g/mol. The van der Waals surface area contributed by atoms with Crippen LogP contribution in [0.4, 0.5) is 11.4 Å². The zero-order chi connectivity index (χ0) is 19.4. The van der Waals surface area contributed by atoms with Crippen LogP contribution in [0.1, 0.15) is 26.3 Å². The number of benzene rings is 2. The van der Waals surface area contributed by atoms with Crippen molar-refractivity contribution < 1.29 is 19.1 Å². The largest absolute Gasteiger partial charge is 0.465 e. The standard InChI is InChI=1S/C20H21ClN2O4/c1-13-3-4-14(11-17(13)21)19(24)22-15-5-6-18(16(12-15)20(25)26-2)23-7-9-27-10-8-23/h3-6,11-12H,7-10H2,1-2H3,(H,22,24). The van der Waals surface area contributed by atoms with Gasteiger partial charge < -0.3 is 19.7 Å². The van der Waals surface area contributed by atoms with Gasteiger partial charge in [-0.25, -0.2) is 4.79 Å². The minimum atomic E-state index is -0.453. The van der Waals surface area contributed by atoms with E-state index in [0.29, 0.717) is 48.1 Å². The number of nitrogens with zero attached hydrogens (tertiary/aromatic N) is 1. The van der Waals surface area contributed by atoms with E-state index in [2.05, 4.69) is 10.2 Å². The number of amides is 1. The molecule has 1 aliphatic rings. The maximum atomic E-state index is 12.5. The van der Waals surface area contributed by atoms with E-state index in [9.17, 15) is 9.59 Å². The van der Waals surface area contributed by atoms with Crippen molar-refractivity contribution in [3.8, 4) is 0 Å². The van der Waals surface area contributed by atoms with Gasteiger partial charge >= 0.3 is 5.97 Å². The third-order valence-corrected chi connectivity index (χ3v) is 4.85. The Labute approximate surface area is 163 Å². The third-order valence-electron chi connectivity index (χ3n) is 4.45. The number of rotatable bonds is 4. The second-order valence-corrected chi connectivity index (χ2v) is 6.65. The summed E-state index contributed by atoms with van der Waals surface area (Å²) in [6, 6.07) is 10.3. The lowest BCUT2D eigenvalue weighted by atomic mass is 10.1. The number of carbonyl (C=O) groups is 2. The van der Waals surface area contributed by atoms with Gasteiger partial charge in [-0.3, -0.25) is 4.79 Å². The zero-order valence-corrected chi connectivity index (χ0v) is 16.0. The number of ether oxygens (including phenoxy) is 2. The highest BCUT2D eigenvalue weighted by atomic mass is 35.5. The van der Waals surface area contributed by atoms with Crippen molar-refractivity contribution in [1.29, 1.82) is 0 Å². The molecule has 1 N–H and O–H groups in total. The van der Waals surface area contributed by atoms with Crippen LogP contribution in [0.5, 0.6) is 0 Å². The van der Waals surface area contributed by atoms with Crippen LogP contribution in [-0.4, -0.2) is 45.3 Å². The van der Waals surface area contributed by atoms with E-state index in [1.807, 2.05) is 13.0 Å². The third kappa shape index (κ3) is 4.40. The number of nitrogens with one attached hydrogen (secondary N) is 1. The lowest BCUT2D eigenvalue weighted by Gasteiger charge is -2.30. The summed E-state index contributed by atoms with van der Waals surface area (Å²) in [7, 11) is 1.34. The summed E-state index contributed by atoms with van der Waals surface area (Å²) in [6.07, 6.45) is 0. The number of hydrogen-bond acceptors (Lipinski definition) is 5. The molecule has 6 nitrogen and oxygen atoms in total. The van der Waals surface area contributed by atoms with Crippen molar-refractivity contribution in [3.05, 3.63) is 58.1 Å². The van der Waals surface area contributed by atoms with E-state index in [4.69, 9.17) is 21.1 Å². The molecule has 0 radical (unpaired) electrons. The van der Waals surface area contributed by atoms with Crippen molar-refractivity contribution >= 4 is 34.9 Å². The summed E-state index contributed by atoms with van der Waals surface area (Å²) < 4.78 is 10.3. The Morgan fingerprint density at radius 3 is 2.56 bits per heavy atom. The molecule has 0 aromatic heterocycles. The Balaban J connectivity index is 1.86. The van der Waals surface area contributed by atoms with Gasteiger partial charge in [-0.15, -0.1) is 0 Å². The van der Waals surface area contributed by atoms with E-state index >= 15 is 0 Å². The van der Waals surface area contributed by atoms with Crippen LogP contribution in [-0.2, 0) is 9.47 Å². The number of halogens is 1. The van der Waals surface area contributed by atoms with Gasteiger partial charge in [0.1, 0.15) is 0 Å². The van der Waals surface area contributed by atoms with Gasteiger partial charge in [0.05, 0.1) is 31.6 Å². The minimum Gasteiger partial charge on any atom is -0.465 e. The van der Waals surface area contributed by atoms with Crippen LogP contribution in [0.2, 0.25) is 5.02 Å². The van der Waals surface area contributed by atoms with Crippen LogP contribution in [0.3, 0.4) is 0 Å². The van der Waals surface area contributed by atoms with Gasteiger partial charge in [0, 0.05) is 29.4 Å². The fourth-order valence-electron chi connectivity index (χ4n) is 2.90. The molecule has 1 heterocycles. The summed E-state index contributed by atoms with van der Waals surface area (Å²) >= 11 is 6.10. The molecule has 0 spiro atoms. The first-order valence-corrected chi connectivity index (χ1v) is 9.00. The fourth-order valence-corrected chi connectivity index (χ4v) is 3.09. The van der Waals surface area contributed by atoms with Crippen LogP contribution >= 0.6 is 11.6 Å². The van der Waals surface area contributed by atoms with Crippen LogP contribution in [0, 0.1) is 6.92 Å². The molecule has 0 saturated carbocycles. The Hall–Kier alpha value is -2.57. The van der Waals surface area contributed by atoms with Crippen LogP contribution in [0.15, 0.2) is 36.4 Å². The first-order valence-electron chi connectivity index (χ1n) is 8.62. The molecule has 2 aromatic rings. The molecule has 0 unspecified atom stereocenters. The number of morpholine rings is 1. The molecule has 0 atom stereocenters. The zero-order valence-electron chi connectivity index (χ0n) is 15.3. The number of methoxy groups -OCH3 is 1. The van der Waals surface area contributed by atoms with E-state index in [-0.39, 0.29) is 5.91 Å². The summed E-state index contributed by atoms with van der Waals surface area (Å²) in [6.45, 7) is 4.46. The predicted molar refractivity (Wildman–Crippen MR) is 105 cm³/mol. The van der Waals surface area contributed by atoms with Gasteiger partial charge in [0.2, 0.25) is 0 Å². The van der Waals surface area contributed by atoms with Gasteiger partial charge in [0.15, 0.2) is 0 Å². The van der Waals surface area contributed by atoms with Gasteiger partial charge in [-0.1, -0.05) is 17.7 Å². The van der Waals surface area contributed by atoms with E-state index in [1.54, 1.807) is 30.3 Å². The van der Waals surface area contributed by atoms with Crippen molar-refractivity contribution in [2.24, 2.45) is 0 Å². The lowest BCUT2D eigenvalue weighted by molar-refractivity contribution is 0.0600. The summed E-state index contributed by atoms with van der Waals surface area (Å²) in [4.78, 5) is 26.8. The highest BCUT2D eigenvalue weighted by Gasteiger charge is 2.20. The lowest BCUT2D eigenvalue weighted by Crippen LogP contribution is -2.37. The summed E-state index contributed by atoms with van der Waals surface area (Å²) in [5.41, 5.74) is 3.02. The van der Waals surface area contributed by atoms with E-state index < -0.39 is 5.97 Å². The highest BCUT2D eigenvalue weighted by molar-refractivity contribution is 6.31. The molecule has 2 aromatic carbocycles. The molecule has 0 aliphatic carbocycles. The molecular weight excluding hydrogens is 368 g/mol. The number of hydrogen-bond donors (Lipinski definition) is 1. The highest BCUT2D eigenvalue weighted by Crippen LogP contribution is 2.27. The van der Waals surface area contributed by atoms with Crippen LogP contribution < -0.4 is 10.2 Å². The summed E-state index contributed by atoms with van der Waals surface area (Å²) in [5, 5.41) is 3.33. The number of anilines is 2. The Kier molecular flexibility index (Phi) is 5.98. The molecule has 142 valence electrons. The number of aryl methyl sites for hydroxylation is 1. The monoisotopic (exact) mass is 388 g/mol. The molecule has 0 bridgehead atoms. The second-order valence-electron chi connectivity index (χ2n) is 6.24. The second kappa shape index (κ2) is 8.41. The molecule has 1 saturated heterocycles. The van der Waals surface area contributed by atoms with Crippen molar-refractivity contribution in [2.45, 2.75) is 6.92 Å². The molecule has 27 heavy (non-hydrogen) atoms. The summed E-state index contributed by atoms with van der Waals surface area (Å²) in [5.74, 6) is -0.752. The van der Waals surface area contributed by atoms with Crippen molar-refractivity contribution in [2.75, 3.05) is 43.6 Å². The first kappa shape index (κ1) is 19.2. The molecule has 1 fully saturated rings. The average Bonchev–Trinajstić information content (AvgIpc) is 2.70. The topological polar surface area (TPSA) is 67.9 Å². The molecular formula is C20H21ClN2O4. The fraction of sp³-hybridized carbons (Fsp3) is 0.300. The first-order chi connectivity index (χ1) is 13.0. The maximum absolute atomic E-state index is 12.5. The smallest absolute Gasteiger partial charge is 0.340 e. The van der Waals surface area contributed by atoms with Gasteiger partial charge in [0.25, 0.3) is 5.91 Å². The predicted octanol–water partition coefficient (Wildman–Crippen LogP) is 3.52. The van der Waals surface area contributed by atoms with Gasteiger partial charge in [-0.05, 0) is 42.8 Å². The molecule has 1 aliphatic heterocycles. The normalized spacial score (nSPS) is 14.0. The molecule has 3 rings (SSSR count). The number of carbonyl (C=O) groups excluding carboxylic acids is 2. The Bertz CT molecular complexity index is 863. The molecule has 7 heteroatoms. The van der Waals surface area contributed by atoms with E-state index in [0.717, 1.165) is 11.3 Å². The van der Waals surface area contributed by atoms with Crippen molar-refractivity contribution in [1.82, 2.24) is 0 Å². The van der Waals surface area contributed by atoms with Crippen molar-refractivity contribution in [3.63, 3.8) is 0 Å². The van der Waals surface area contributed by atoms with E-state index in [1.165, 1.54) is 7.11 Å². The Morgan fingerprint density at radius 1 is 1.15 bits per heavy atom. The number of esters is 1. The quantitative estimate of drug-likeness (QED) is 0.811. The Morgan fingerprint density at radius 2 is 1.89 bits per heavy atom. The van der Waals surface area contributed by atoms with Crippen LogP contribution in [0.25, 0.3) is 0 Å².